The van der Waals surface area contributed by atoms with Crippen LogP contribution in [0.1, 0.15) is 264 Å². The van der Waals surface area contributed by atoms with Crippen LogP contribution in [0.4, 0.5) is 0 Å². The maximum atomic E-state index is 7.42. The van der Waals surface area contributed by atoms with Gasteiger partial charge >= 0.3 is 68.8 Å². The van der Waals surface area contributed by atoms with Gasteiger partial charge in [-0.05, 0) is 63.8 Å². The summed E-state index contributed by atoms with van der Waals surface area (Å²) in [7, 11) is -16.0. The summed E-state index contributed by atoms with van der Waals surface area (Å²) >= 11 is 0. The van der Waals surface area contributed by atoms with Gasteiger partial charge in [-0.15, -0.1) is 0 Å². The Kier molecular flexibility index (Phi) is 28.9. The normalized spacial score (nSPS) is 27.0. The lowest BCUT2D eigenvalue weighted by Crippen LogP contribution is -2.29. The largest absolute Gasteiger partial charge is 0.426 e. The Morgan fingerprint density at radius 3 is 0.554 bits per heavy atom. The Morgan fingerprint density at radius 2 is 0.402 bits per heavy atom. The van der Waals surface area contributed by atoms with Crippen LogP contribution in [-0.4, -0.2) is 105 Å². The van der Waals surface area contributed by atoms with Crippen LogP contribution >= 0.6 is 68.8 Å². The van der Waals surface area contributed by atoms with Crippen molar-refractivity contribution in [3.8, 4) is 46.0 Å². The van der Waals surface area contributed by atoms with Crippen LogP contribution in [0.3, 0.4) is 0 Å². The lowest BCUT2D eigenvalue weighted by atomic mass is 9.77. The molecule has 0 radical (unpaired) electrons. The van der Waals surface area contributed by atoms with Crippen molar-refractivity contribution in [3.05, 3.63) is 93.0 Å². The first-order valence-electron chi connectivity index (χ1n) is 39.7. The standard InChI is InChI=1S/C80H120O24P8/c1-21-25-53-57-31-58(66(97-106-84-41-74(7,8)42-85-106)35-65(57)96-105-82-39-73(5,6)40-83-105)54(26-22-2)61-33-62(70(101-110-92-49-78(15,16)50-93-110)37-69(61)100-109-90-47-77(13,14)48-91-109)56(28-24-4)64-34-63(71(102-111-94-51-79(17,18)52-95-111)38-72(64)103-112-81-30-29-80(19,20)104-112)55(27-23-3)60-32-59(53)67(98-107-86-43-75(9,10)44-87-107)36-68(60)99-108-88-45-76(11,12)46-89-108/h31-38,53-56H,21-30,39-52H2,1-20H3. The van der Waals surface area contributed by atoms with Crippen molar-refractivity contribution in [3.63, 3.8) is 0 Å². The number of rotatable bonds is 24. The molecule has 8 heterocycles. The molecule has 8 saturated heterocycles. The second-order valence-corrected chi connectivity index (χ2v) is 46.1. The first-order valence-corrected chi connectivity index (χ1v) is 48.5. The predicted octanol–water partition coefficient (Wildman–Crippen LogP) is 25.3. The van der Waals surface area contributed by atoms with Crippen molar-refractivity contribution in [1.29, 1.82) is 0 Å². The average Bonchev–Trinajstić information content (AvgIpc) is 0.746. The lowest BCUT2D eigenvalue weighted by Gasteiger charge is -2.37. The van der Waals surface area contributed by atoms with Gasteiger partial charge in [0.2, 0.25) is 0 Å². The SMILES string of the molecule is CCCC1c2cc(c(OP3OCC(C)(C)CO3)cc2OP2OCC(C)(C)CO2)C(CCC)c2cc(c(OP3OCC(C)(C)CO3)cc2OP2OCC(C)(C)CO2)C(CCC)c2cc(c(OP3OCC(C)(C)CO3)cc2OP2OCCC(C)(C)O2)C(CCC)c2cc1c(OP1OCC(C)(C)CO1)cc2OP1OCC(C)(C)CO1. The monoisotopic (exact) mass is 1710 g/mol. The van der Waals surface area contributed by atoms with Gasteiger partial charge in [0, 0.05) is 137 Å². The molecule has 24 nitrogen and oxygen atoms in total. The molecule has 1 aliphatic carbocycles. The van der Waals surface area contributed by atoms with E-state index in [4.69, 9.17) is 109 Å². The lowest BCUT2D eigenvalue weighted by molar-refractivity contribution is 0.0204. The first-order chi connectivity index (χ1) is 53.0. The van der Waals surface area contributed by atoms with E-state index in [1.807, 2.05) is 24.3 Å². The highest BCUT2D eigenvalue weighted by molar-refractivity contribution is 7.44. The van der Waals surface area contributed by atoms with Gasteiger partial charge in [0.15, 0.2) is 0 Å². The van der Waals surface area contributed by atoms with Gasteiger partial charge in [0.05, 0.1) is 105 Å². The third-order valence-corrected chi connectivity index (χ3v) is 28.9. The zero-order valence-corrected chi connectivity index (χ0v) is 76.4. The molecule has 112 heavy (non-hydrogen) atoms. The summed E-state index contributed by atoms with van der Waals surface area (Å²) in [4.78, 5) is 0. The van der Waals surface area contributed by atoms with Crippen molar-refractivity contribution in [2.45, 2.75) is 226 Å². The van der Waals surface area contributed by atoms with E-state index in [1.54, 1.807) is 0 Å². The van der Waals surface area contributed by atoms with Gasteiger partial charge in [0.25, 0.3) is 0 Å². The van der Waals surface area contributed by atoms with Crippen LogP contribution in [0.2, 0.25) is 0 Å². The van der Waals surface area contributed by atoms with Crippen molar-refractivity contribution in [2.24, 2.45) is 37.9 Å². The van der Waals surface area contributed by atoms with Crippen molar-refractivity contribution >= 4 is 68.8 Å². The van der Waals surface area contributed by atoms with E-state index >= 15 is 0 Å². The molecule has 624 valence electrons. The van der Waals surface area contributed by atoms with E-state index in [2.05, 4.69) is 163 Å². The van der Waals surface area contributed by atoms with E-state index in [0.29, 0.717) is 203 Å². The highest BCUT2D eigenvalue weighted by Gasteiger charge is 2.45. The maximum absolute atomic E-state index is 7.42. The Morgan fingerprint density at radius 1 is 0.241 bits per heavy atom. The zero-order valence-electron chi connectivity index (χ0n) is 69.3. The smallest absolute Gasteiger partial charge is 0.397 e. The summed E-state index contributed by atoms with van der Waals surface area (Å²) in [5.41, 5.74) is 3.89. The minimum Gasteiger partial charge on any atom is -0.426 e. The number of benzene rings is 4. The highest BCUT2D eigenvalue weighted by atomic mass is 31.2. The topological polar surface area (TPSA) is 222 Å². The molecule has 0 spiro atoms. The molecule has 9 aliphatic rings. The first kappa shape index (κ1) is 87.9. The molecule has 5 unspecified atom stereocenters. The molecule has 8 bridgehead atoms. The second kappa shape index (κ2) is 36.8. The minimum absolute atomic E-state index is 0.276. The van der Waals surface area contributed by atoms with Crippen molar-refractivity contribution in [2.75, 3.05) is 99.1 Å². The summed E-state index contributed by atoms with van der Waals surface area (Å²) in [5.74, 6) is 1.59. The van der Waals surface area contributed by atoms with Gasteiger partial charge in [-0.2, -0.15) is 0 Å². The Hall–Kier alpha value is -1.92. The summed E-state index contributed by atoms with van der Waals surface area (Å²) < 4.78 is 166. The fraction of sp³-hybridized carbons (Fsp3) is 0.700. The molecule has 5 atom stereocenters. The van der Waals surface area contributed by atoms with Gasteiger partial charge in [-0.3, -0.25) is 4.52 Å². The molecule has 32 heteroatoms. The van der Waals surface area contributed by atoms with E-state index in [9.17, 15) is 0 Å². The molecule has 8 fully saturated rings. The molecule has 0 saturated carbocycles. The average molecular weight is 1710 g/mol. The molecule has 0 amide bonds. The minimum atomic E-state index is -2.02. The fourth-order valence-electron chi connectivity index (χ4n) is 13.7. The molecule has 8 aliphatic heterocycles. The molecule has 13 rings (SSSR count). The molecule has 4 aromatic carbocycles. The number of fused-ring (bicyclic) bond motifs is 8. The van der Waals surface area contributed by atoms with Gasteiger partial charge in [-0.25, -0.2) is 0 Å². The van der Waals surface area contributed by atoms with Crippen LogP contribution < -0.4 is 36.2 Å². The van der Waals surface area contributed by atoms with Crippen LogP contribution in [-0.2, 0) is 72.4 Å². The molecule has 0 aromatic heterocycles. The van der Waals surface area contributed by atoms with E-state index in [0.717, 1.165) is 44.5 Å². The zero-order chi connectivity index (χ0) is 79.8. The Balaban J connectivity index is 1.16. The Labute approximate surface area is 675 Å². The van der Waals surface area contributed by atoms with Crippen molar-refractivity contribution < 1.29 is 109 Å². The Bertz CT molecular complexity index is 3670. The predicted molar refractivity (Wildman–Crippen MR) is 439 cm³/mol. The third-order valence-electron chi connectivity index (χ3n) is 20.3. The molecule has 0 N–H and O–H groups in total. The molecular weight excluding hydrogens is 1590 g/mol. The summed E-state index contributed by atoms with van der Waals surface area (Å²) in [6, 6.07) is 17.0. The van der Waals surface area contributed by atoms with Crippen LogP contribution in [0, 0.1) is 37.9 Å². The summed E-state index contributed by atoms with van der Waals surface area (Å²) in [5, 5.41) is 0. The molecular formula is C80H120O24P8. The second-order valence-electron chi connectivity index (χ2n) is 37.0. The molecule has 4 aromatic rings. The highest BCUT2D eigenvalue weighted by Crippen LogP contribution is 2.64. The van der Waals surface area contributed by atoms with Crippen LogP contribution in [0.5, 0.6) is 46.0 Å². The third kappa shape index (κ3) is 22.6. The maximum Gasteiger partial charge on any atom is 0.397 e. The van der Waals surface area contributed by atoms with Gasteiger partial charge in [-0.1, -0.05) is 150 Å². The van der Waals surface area contributed by atoms with Crippen LogP contribution in [0.25, 0.3) is 0 Å². The quantitative estimate of drug-likeness (QED) is 0.0595. The van der Waals surface area contributed by atoms with Gasteiger partial charge in [0.1, 0.15) is 46.0 Å². The number of hydrogen-bond acceptors (Lipinski definition) is 24. The van der Waals surface area contributed by atoms with E-state index in [-0.39, 0.29) is 37.9 Å². The van der Waals surface area contributed by atoms with Gasteiger partial charge < -0.3 is 104 Å². The number of hydrogen-bond donors (Lipinski definition) is 0. The fourth-order valence-corrected chi connectivity index (χ4v) is 24.8. The summed E-state index contributed by atoms with van der Waals surface area (Å²) in [6.45, 7) is 48.7. The van der Waals surface area contributed by atoms with E-state index in [1.165, 1.54) is 0 Å². The summed E-state index contributed by atoms with van der Waals surface area (Å²) in [6.07, 6.45) is 5.72. The van der Waals surface area contributed by atoms with E-state index < -0.39 is 98.1 Å². The van der Waals surface area contributed by atoms with Crippen LogP contribution in [0.15, 0.2) is 48.5 Å². The van der Waals surface area contributed by atoms with Crippen molar-refractivity contribution in [1.82, 2.24) is 0 Å².